The van der Waals surface area contributed by atoms with Crippen LogP contribution in [0.25, 0.3) is 0 Å². The van der Waals surface area contributed by atoms with Crippen molar-refractivity contribution >= 4 is 0 Å². The first-order valence-electron chi connectivity index (χ1n) is 8.20. The SMILES string of the molecule is CN(C)CC1CCN(CC2CCCCCC2O)CC1. The molecule has 0 aromatic rings. The summed E-state index contributed by atoms with van der Waals surface area (Å²) < 4.78 is 0. The van der Waals surface area contributed by atoms with Gasteiger partial charge in [0.25, 0.3) is 0 Å². The molecule has 0 amide bonds. The first-order chi connectivity index (χ1) is 9.15. The minimum absolute atomic E-state index is 0.0398. The minimum atomic E-state index is -0.0398. The van der Waals surface area contributed by atoms with E-state index in [-0.39, 0.29) is 6.10 Å². The lowest BCUT2D eigenvalue weighted by molar-refractivity contribution is 0.0604. The molecular weight excluding hydrogens is 236 g/mol. The van der Waals surface area contributed by atoms with Gasteiger partial charge < -0.3 is 14.9 Å². The molecule has 2 rings (SSSR count). The van der Waals surface area contributed by atoms with Crippen molar-refractivity contribution in [3.05, 3.63) is 0 Å². The van der Waals surface area contributed by atoms with Gasteiger partial charge in [0.1, 0.15) is 0 Å². The molecule has 2 unspecified atom stereocenters. The highest BCUT2D eigenvalue weighted by atomic mass is 16.3. The second-order valence-electron chi connectivity index (χ2n) is 6.97. The van der Waals surface area contributed by atoms with Gasteiger partial charge in [-0.2, -0.15) is 0 Å². The van der Waals surface area contributed by atoms with Crippen molar-refractivity contribution in [2.75, 3.05) is 40.3 Å². The van der Waals surface area contributed by atoms with Gasteiger partial charge in [-0.3, -0.25) is 0 Å². The van der Waals surface area contributed by atoms with Crippen LogP contribution in [0.1, 0.15) is 44.9 Å². The van der Waals surface area contributed by atoms with Crippen LogP contribution in [-0.4, -0.2) is 61.3 Å². The van der Waals surface area contributed by atoms with Gasteiger partial charge >= 0.3 is 0 Å². The molecule has 1 saturated carbocycles. The van der Waals surface area contributed by atoms with Gasteiger partial charge in [0, 0.05) is 13.1 Å². The van der Waals surface area contributed by atoms with Crippen LogP contribution in [0, 0.1) is 11.8 Å². The molecule has 0 aromatic heterocycles. The number of aliphatic hydroxyl groups is 1. The van der Waals surface area contributed by atoms with E-state index in [2.05, 4.69) is 23.9 Å². The quantitative estimate of drug-likeness (QED) is 0.792. The number of nitrogens with zero attached hydrogens (tertiary/aromatic N) is 2. The van der Waals surface area contributed by atoms with E-state index in [4.69, 9.17) is 0 Å². The molecule has 0 radical (unpaired) electrons. The molecule has 3 heteroatoms. The molecule has 2 aliphatic rings. The average Bonchev–Trinajstić information content (AvgIpc) is 2.57. The number of hydrogen-bond donors (Lipinski definition) is 1. The summed E-state index contributed by atoms with van der Waals surface area (Å²) in [6.07, 6.45) is 8.75. The first-order valence-corrected chi connectivity index (χ1v) is 8.20. The molecule has 3 nitrogen and oxygen atoms in total. The van der Waals surface area contributed by atoms with Crippen LogP contribution in [0.2, 0.25) is 0 Å². The van der Waals surface area contributed by atoms with E-state index in [0.29, 0.717) is 5.92 Å². The summed E-state index contributed by atoms with van der Waals surface area (Å²) in [4.78, 5) is 4.92. The van der Waals surface area contributed by atoms with Crippen molar-refractivity contribution in [1.82, 2.24) is 9.80 Å². The van der Waals surface area contributed by atoms with Crippen LogP contribution in [0.5, 0.6) is 0 Å². The van der Waals surface area contributed by atoms with E-state index in [1.54, 1.807) is 0 Å². The standard InChI is InChI=1S/C16H32N2O/c1-17(2)12-14-8-10-18(11-9-14)13-15-6-4-3-5-7-16(15)19/h14-16,19H,3-13H2,1-2H3. The van der Waals surface area contributed by atoms with Crippen LogP contribution >= 0.6 is 0 Å². The molecule has 1 saturated heterocycles. The van der Waals surface area contributed by atoms with Gasteiger partial charge in [-0.15, -0.1) is 0 Å². The van der Waals surface area contributed by atoms with Gasteiger partial charge in [0.05, 0.1) is 6.10 Å². The van der Waals surface area contributed by atoms with Gasteiger partial charge in [-0.1, -0.05) is 19.3 Å². The van der Waals surface area contributed by atoms with Crippen LogP contribution in [-0.2, 0) is 0 Å². The van der Waals surface area contributed by atoms with Crippen molar-refractivity contribution in [3.8, 4) is 0 Å². The molecule has 1 N–H and O–H groups in total. The van der Waals surface area contributed by atoms with E-state index in [9.17, 15) is 5.11 Å². The number of piperidine rings is 1. The minimum Gasteiger partial charge on any atom is -0.393 e. The van der Waals surface area contributed by atoms with Crippen molar-refractivity contribution in [2.24, 2.45) is 11.8 Å². The Morgan fingerprint density at radius 3 is 2.37 bits per heavy atom. The predicted octanol–water partition coefficient (Wildman–Crippen LogP) is 2.20. The van der Waals surface area contributed by atoms with E-state index >= 15 is 0 Å². The molecule has 1 aliphatic carbocycles. The highest BCUT2D eigenvalue weighted by Gasteiger charge is 2.26. The Morgan fingerprint density at radius 2 is 1.68 bits per heavy atom. The summed E-state index contributed by atoms with van der Waals surface area (Å²) in [6.45, 7) is 4.85. The van der Waals surface area contributed by atoms with Crippen molar-refractivity contribution < 1.29 is 5.11 Å². The smallest absolute Gasteiger partial charge is 0.0580 e. The highest BCUT2D eigenvalue weighted by Crippen LogP contribution is 2.26. The van der Waals surface area contributed by atoms with Gasteiger partial charge in [0.2, 0.25) is 0 Å². The fraction of sp³-hybridized carbons (Fsp3) is 1.00. The Balaban J connectivity index is 1.72. The fourth-order valence-electron chi connectivity index (χ4n) is 3.78. The summed E-state index contributed by atoms with van der Waals surface area (Å²) >= 11 is 0. The Bertz CT molecular complexity index is 249. The highest BCUT2D eigenvalue weighted by molar-refractivity contribution is 4.80. The maximum absolute atomic E-state index is 10.2. The van der Waals surface area contributed by atoms with E-state index in [0.717, 1.165) is 18.9 Å². The third kappa shape index (κ3) is 5.05. The van der Waals surface area contributed by atoms with E-state index < -0.39 is 0 Å². The molecule has 19 heavy (non-hydrogen) atoms. The van der Waals surface area contributed by atoms with E-state index in [1.807, 2.05) is 0 Å². The summed E-state index contributed by atoms with van der Waals surface area (Å²) in [5, 5.41) is 10.2. The summed E-state index contributed by atoms with van der Waals surface area (Å²) in [7, 11) is 4.35. The van der Waals surface area contributed by atoms with Crippen LogP contribution in [0.3, 0.4) is 0 Å². The second-order valence-corrected chi connectivity index (χ2v) is 6.97. The lowest BCUT2D eigenvalue weighted by Crippen LogP contribution is -2.41. The third-order valence-corrected chi connectivity index (χ3v) is 4.94. The Morgan fingerprint density at radius 1 is 1.00 bits per heavy atom. The monoisotopic (exact) mass is 268 g/mol. The molecule has 0 aromatic carbocycles. The first kappa shape index (κ1) is 15.3. The maximum atomic E-state index is 10.2. The molecular formula is C16H32N2O. The topological polar surface area (TPSA) is 26.7 Å². The van der Waals surface area contributed by atoms with Gasteiger partial charge in [0.15, 0.2) is 0 Å². The number of aliphatic hydroxyl groups excluding tert-OH is 1. The Labute approximate surface area is 119 Å². The predicted molar refractivity (Wildman–Crippen MR) is 80.3 cm³/mol. The van der Waals surface area contributed by atoms with Gasteiger partial charge in [-0.05, 0) is 64.7 Å². The molecule has 0 bridgehead atoms. The molecule has 1 heterocycles. The normalized spacial score (nSPS) is 31.6. The Hall–Kier alpha value is -0.120. The second kappa shape index (κ2) is 7.61. The summed E-state index contributed by atoms with van der Waals surface area (Å²) in [5.74, 6) is 1.42. The third-order valence-electron chi connectivity index (χ3n) is 4.94. The summed E-state index contributed by atoms with van der Waals surface area (Å²) in [6, 6.07) is 0. The van der Waals surface area contributed by atoms with Crippen molar-refractivity contribution in [2.45, 2.75) is 51.0 Å². The van der Waals surface area contributed by atoms with Crippen LogP contribution in [0.4, 0.5) is 0 Å². The van der Waals surface area contributed by atoms with Gasteiger partial charge in [-0.25, -0.2) is 0 Å². The van der Waals surface area contributed by atoms with E-state index in [1.165, 1.54) is 58.2 Å². The lowest BCUT2D eigenvalue weighted by atomic mass is 9.92. The van der Waals surface area contributed by atoms with Crippen molar-refractivity contribution in [1.29, 1.82) is 0 Å². The number of likely N-dealkylation sites (tertiary alicyclic amines) is 1. The molecule has 1 aliphatic heterocycles. The molecule has 2 atom stereocenters. The molecule has 2 fully saturated rings. The fourth-order valence-corrected chi connectivity index (χ4v) is 3.78. The zero-order chi connectivity index (χ0) is 13.7. The Kier molecular flexibility index (Phi) is 6.11. The average molecular weight is 268 g/mol. The maximum Gasteiger partial charge on any atom is 0.0580 e. The molecule has 112 valence electrons. The number of rotatable bonds is 4. The van der Waals surface area contributed by atoms with Crippen molar-refractivity contribution in [3.63, 3.8) is 0 Å². The summed E-state index contributed by atoms with van der Waals surface area (Å²) in [5.41, 5.74) is 0. The largest absolute Gasteiger partial charge is 0.393 e. The lowest BCUT2D eigenvalue weighted by Gasteiger charge is -2.36. The zero-order valence-electron chi connectivity index (χ0n) is 12.9. The number of hydrogen-bond acceptors (Lipinski definition) is 3. The van der Waals surface area contributed by atoms with Crippen LogP contribution in [0.15, 0.2) is 0 Å². The molecule has 0 spiro atoms. The zero-order valence-corrected chi connectivity index (χ0v) is 12.9. The van der Waals surface area contributed by atoms with Crippen LogP contribution < -0.4 is 0 Å².